The molecule has 7 nitrogen and oxygen atoms in total. The Hall–Kier alpha value is -1.48. The van der Waals surface area contributed by atoms with Crippen molar-refractivity contribution in [3.8, 4) is 0 Å². The summed E-state index contributed by atoms with van der Waals surface area (Å²) in [6.45, 7) is 4.76. The second-order valence-corrected chi connectivity index (χ2v) is 10.4. The molecule has 1 aliphatic heterocycles. The first kappa shape index (κ1) is 23.2. The summed E-state index contributed by atoms with van der Waals surface area (Å²) >= 11 is 0. The van der Waals surface area contributed by atoms with Gasteiger partial charge in [0.05, 0.1) is 18.1 Å². The van der Waals surface area contributed by atoms with Gasteiger partial charge in [-0.2, -0.15) is 4.31 Å². The molecule has 0 unspecified atom stereocenters. The van der Waals surface area contributed by atoms with E-state index in [-0.39, 0.29) is 10.8 Å². The number of aryl methyl sites for hydroxylation is 1. The van der Waals surface area contributed by atoms with E-state index in [0.29, 0.717) is 44.5 Å². The molecule has 3 rings (SSSR count). The normalized spacial score (nSPS) is 19.2. The SMILES string of the molecule is Cc1ccc(S(=O)(=O)N2CCOCC2)cc1C(=O)N(C)CCN(C)C1CCCCC1. The van der Waals surface area contributed by atoms with E-state index >= 15 is 0 Å². The van der Waals surface area contributed by atoms with Gasteiger partial charge in [0.15, 0.2) is 0 Å². The molecule has 168 valence electrons. The Kier molecular flexibility index (Phi) is 7.90. The number of sulfonamides is 1. The van der Waals surface area contributed by atoms with Gasteiger partial charge < -0.3 is 14.5 Å². The number of carbonyl (C=O) groups is 1. The largest absolute Gasteiger partial charge is 0.379 e. The fraction of sp³-hybridized carbons (Fsp3) is 0.682. The van der Waals surface area contributed by atoms with Crippen LogP contribution in [0, 0.1) is 6.92 Å². The predicted octanol–water partition coefficient (Wildman–Crippen LogP) is 2.35. The molecule has 2 aliphatic rings. The van der Waals surface area contributed by atoms with Crippen molar-refractivity contribution in [2.45, 2.75) is 50.0 Å². The monoisotopic (exact) mass is 437 g/mol. The highest BCUT2D eigenvalue weighted by Crippen LogP contribution is 2.23. The Labute approximate surface area is 181 Å². The molecule has 0 N–H and O–H groups in total. The standard InChI is InChI=1S/C22H35N3O4S/c1-18-9-10-20(30(27,28)25-13-15-29-16-14-25)17-21(18)22(26)24(3)12-11-23(2)19-7-5-4-6-8-19/h9-10,17,19H,4-8,11-16H2,1-3H3. The molecule has 1 aliphatic carbocycles. The number of morpholine rings is 1. The smallest absolute Gasteiger partial charge is 0.253 e. The fourth-order valence-corrected chi connectivity index (χ4v) is 5.68. The molecule has 0 spiro atoms. The van der Waals surface area contributed by atoms with Gasteiger partial charge in [0.1, 0.15) is 0 Å². The van der Waals surface area contributed by atoms with Crippen LogP contribution in [0.5, 0.6) is 0 Å². The average molecular weight is 438 g/mol. The molecule has 8 heteroatoms. The van der Waals surface area contributed by atoms with Crippen molar-refractivity contribution in [1.82, 2.24) is 14.1 Å². The van der Waals surface area contributed by atoms with Gasteiger partial charge in [-0.15, -0.1) is 0 Å². The van der Waals surface area contributed by atoms with E-state index in [0.717, 1.165) is 12.1 Å². The van der Waals surface area contributed by atoms with Crippen molar-refractivity contribution in [3.63, 3.8) is 0 Å². The molecule has 0 bridgehead atoms. The molecule has 0 atom stereocenters. The third kappa shape index (κ3) is 5.41. The Bertz CT molecular complexity index is 831. The predicted molar refractivity (Wildman–Crippen MR) is 117 cm³/mol. The fourth-order valence-electron chi connectivity index (χ4n) is 4.25. The zero-order valence-electron chi connectivity index (χ0n) is 18.5. The topological polar surface area (TPSA) is 70.2 Å². The van der Waals surface area contributed by atoms with Crippen LogP contribution in [0.2, 0.25) is 0 Å². The first-order chi connectivity index (χ1) is 14.3. The summed E-state index contributed by atoms with van der Waals surface area (Å²) in [6, 6.07) is 5.45. The summed E-state index contributed by atoms with van der Waals surface area (Å²) in [5.41, 5.74) is 1.24. The minimum absolute atomic E-state index is 0.136. The number of carbonyl (C=O) groups excluding carboxylic acids is 1. The van der Waals surface area contributed by atoms with Crippen LogP contribution in [-0.2, 0) is 14.8 Å². The summed E-state index contributed by atoms with van der Waals surface area (Å²) in [5.74, 6) is -0.136. The van der Waals surface area contributed by atoms with Crippen LogP contribution in [0.3, 0.4) is 0 Å². The third-order valence-corrected chi connectivity index (χ3v) is 8.27. The van der Waals surface area contributed by atoms with Gasteiger partial charge in [0.25, 0.3) is 5.91 Å². The second-order valence-electron chi connectivity index (χ2n) is 8.49. The minimum Gasteiger partial charge on any atom is -0.379 e. The number of hydrogen-bond acceptors (Lipinski definition) is 5. The van der Waals surface area contributed by atoms with Gasteiger partial charge in [-0.3, -0.25) is 4.79 Å². The lowest BCUT2D eigenvalue weighted by Gasteiger charge is -2.32. The molecule has 2 fully saturated rings. The number of likely N-dealkylation sites (N-methyl/N-ethyl adjacent to an activating group) is 2. The van der Waals surface area contributed by atoms with Gasteiger partial charge in [0, 0.05) is 44.8 Å². The van der Waals surface area contributed by atoms with Crippen molar-refractivity contribution in [3.05, 3.63) is 29.3 Å². The maximum Gasteiger partial charge on any atom is 0.253 e. The maximum atomic E-state index is 13.1. The molecule has 0 radical (unpaired) electrons. The van der Waals surface area contributed by atoms with Gasteiger partial charge in [-0.1, -0.05) is 25.3 Å². The number of benzene rings is 1. The van der Waals surface area contributed by atoms with Crippen molar-refractivity contribution in [1.29, 1.82) is 0 Å². The second kappa shape index (κ2) is 10.2. The zero-order chi connectivity index (χ0) is 21.7. The Balaban J connectivity index is 1.68. The minimum atomic E-state index is -3.63. The molecule has 1 saturated carbocycles. The van der Waals surface area contributed by atoms with Crippen LogP contribution >= 0.6 is 0 Å². The number of rotatable bonds is 7. The summed E-state index contributed by atoms with van der Waals surface area (Å²) in [7, 11) is 0.299. The van der Waals surface area contributed by atoms with E-state index < -0.39 is 10.0 Å². The molecule has 0 aromatic heterocycles. The number of ether oxygens (including phenoxy) is 1. The van der Waals surface area contributed by atoms with Crippen molar-refractivity contribution >= 4 is 15.9 Å². The molecular formula is C22H35N3O4S. The quantitative estimate of drug-likeness (QED) is 0.655. The van der Waals surface area contributed by atoms with Gasteiger partial charge >= 0.3 is 0 Å². The van der Waals surface area contributed by atoms with Crippen LogP contribution in [0.1, 0.15) is 48.0 Å². The van der Waals surface area contributed by atoms with E-state index in [1.165, 1.54) is 42.5 Å². The van der Waals surface area contributed by atoms with Crippen molar-refractivity contribution < 1.29 is 17.9 Å². The Morgan fingerprint density at radius 1 is 1.10 bits per heavy atom. The highest BCUT2D eigenvalue weighted by atomic mass is 32.2. The van der Waals surface area contributed by atoms with E-state index in [2.05, 4.69) is 11.9 Å². The van der Waals surface area contributed by atoms with Crippen LogP contribution in [-0.4, -0.2) is 88.0 Å². The zero-order valence-corrected chi connectivity index (χ0v) is 19.3. The van der Waals surface area contributed by atoms with Crippen molar-refractivity contribution in [2.75, 3.05) is 53.5 Å². The third-order valence-electron chi connectivity index (χ3n) is 6.38. The van der Waals surface area contributed by atoms with E-state index in [4.69, 9.17) is 4.74 Å². The molecule has 30 heavy (non-hydrogen) atoms. The Morgan fingerprint density at radius 3 is 2.43 bits per heavy atom. The lowest BCUT2D eigenvalue weighted by Crippen LogP contribution is -2.41. The summed E-state index contributed by atoms with van der Waals surface area (Å²) < 4.78 is 32.6. The van der Waals surface area contributed by atoms with Crippen molar-refractivity contribution in [2.24, 2.45) is 0 Å². The number of nitrogens with zero attached hydrogens (tertiary/aromatic N) is 3. The first-order valence-electron chi connectivity index (χ1n) is 10.9. The average Bonchev–Trinajstić information content (AvgIpc) is 2.78. The molecule has 1 aromatic carbocycles. The molecule has 1 heterocycles. The summed E-state index contributed by atoms with van der Waals surface area (Å²) in [4.78, 5) is 17.3. The maximum absolute atomic E-state index is 13.1. The van der Waals surface area contributed by atoms with Crippen LogP contribution in [0.4, 0.5) is 0 Å². The van der Waals surface area contributed by atoms with Gasteiger partial charge in [-0.25, -0.2) is 8.42 Å². The summed E-state index contributed by atoms with van der Waals surface area (Å²) in [5, 5.41) is 0. The number of amides is 1. The van der Waals surface area contributed by atoms with Crippen LogP contribution < -0.4 is 0 Å². The highest BCUT2D eigenvalue weighted by Gasteiger charge is 2.28. The molecular weight excluding hydrogens is 402 g/mol. The molecule has 1 aromatic rings. The van der Waals surface area contributed by atoms with Crippen LogP contribution in [0.15, 0.2) is 23.1 Å². The summed E-state index contributed by atoms with van der Waals surface area (Å²) in [6.07, 6.45) is 6.36. The lowest BCUT2D eigenvalue weighted by molar-refractivity contribution is 0.0730. The number of hydrogen-bond donors (Lipinski definition) is 0. The van der Waals surface area contributed by atoms with Crippen LogP contribution in [0.25, 0.3) is 0 Å². The van der Waals surface area contributed by atoms with E-state index in [1.807, 2.05) is 6.92 Å². The molecule has 1 saturated heterocycles. The first-order valence-corrected chi connectivity index (χ1v) is 12.4. The Morgan fingerprint density at radius 2 is 1.77 bits per heavy atom. The molecule has 1 amide bonds. The van der Waals surface area contributed by atoms with Gasteiger partial charge in [-0.05, 0) is 44.5 Å². The van der Waals surface area contributed by atoms with E-state index in [9.17, 15) is 13.2 Å². The van der Waals surface area contributed by atoms with Gasteiger partial charge in [0.2, 0.25) is 10.0 Å². The van der Waals surface area contributed by atoms with E-state index in [1.54, 1.807) is 24.1 Å². The lowest BCUT2D eigenvalue weighted by atomic mass is 9.94. The highest BCUT2D eigenvalue weighted by molar-refractivity contribution is 7.89.